The number of halogens is 1. The SMILES string of the molecule is Cc1ccc2c(C)c(C(N)c3ccc(Cl)cc3)oc2c1. The van der Waals surface area contributed by atoms with E-state index in [2.05, 4.69) is 19.1 Å². The highest BCUT2D eigenvalue weighted by atomic mass is 35.5. The molecule has 2 aromatic carbocycles. The predicted molar refractivity (Wildman–Crippen MR) is 83.2 cm³/mol. The molecule has 1 aromatic heterocycles. The van der Waals surface area contributed by atoms with Gasteiger partial charge in [-0.1, -0.05) is 35.9 Å². The highest BCUT2D eigenvalue weighted by Crippen LogP contribution is 2.32. The molecule has 0 aliphatic heterocycles. The minimum Gasteiger partial charge on any atom is -0.459 e. The smallest absolute Gasteiger partial charge is 0.134 e. The first-order chi connectivity index (χ1) is 9.56. The van der Waals surface area contributed by atoms with Crippen LogP contribution in [0.2, 0.25) is 5.02 Å². The molecule has 102 valence electrons. The average Bonchev–Trinajstić information content (AvgIpc) is 2.75. The second-order valence-corrected chi connectivity index (χ2v) is 5.56. The van der Waals surface area contributed by atoms with Gasteiger partial charge in [0, 0.05) is 16.0 Å². The number of furan rings is 1. The van der Waals surface area contributed by atoms with Gasteiger partial charge >= 0.3 is 0 Å². The van der Waals surface area contributed by atoms with Gasteiger partial charge in [0.2, 0.25) is 0 Å². The minimum absolute atomic E-state index is 0.278. The molecule has 3 heteroatoms. The van der Waals surface area contributed by atoms with Crippen molar-refractivity contribution in [2.75, 3.05) is 0 Å². The Morgan fingerprint density at radius 3 is 2.45 bits per heavy atom. The van der Waals surface area contributed by atoms with Gasteiger partial charge in [-0.05, 0) is 43.2 Å². The molecule has 0 amide bonds. The molecule has 0 radical (unpaired) electrons. The number of hydrogen-bond acceptors (Lipinski definition) is 2. The highest BCUT2D eigenvalue weighted by Gasteiger charge is 2.18. The largest absolute Gasteiger partial charge is 0.459 e. The third kappa shape index (κ3) is 2.21. The quantitative estimate of drug-likeness (QED) is 0.738. The molecule has 2 N–H and O–H groups in total. The Labute approximate surface area is 123 Å². The van der Waals surface area contributed by atoms with E-state index >= 15 is 0 Å². The first-order valence-corrected chi connectivity index (χ1v) is 6.95. The molecular weight excluding hydrogens is 270 g/mol. The molecule has 1 atom stereocenters. The number of benzene rings is 2. The zero-order valence-electron chi connectivity index (χ0n) is 11.5. The molecule has 20 heavy (non-hydrogen) atoms. The first kappa shape index (κ1) is 13.2. The van der Waals surface area contributed by atoms with Gasteiger partial charge < -0.3 is 10.2 Å². The van der Waals surface area contributed by atoms with Gasteiger partial charge in [0.15, 0.2) is 0 Å². The van der Waals surface area contributed by atoms with Gasteiger partial charge in [0.05, 0.1) is 6.04 Å². The van der Waals surface area contributed by atoms with E-state index in [1.807, 2.05) is 37.3 Å². The first-order valence-electron chi connectivity index (χ1n) is 6.57. The number of nitrogens with two attached hydrogens (primary N) is 1. The summed E-state index contributed by atoms with van der Waals surface area (Å²) in [5.74, 6) is 0.813. The summed E-state index contributed by atoms with van der Waals surface area (Å²) in [6.07, 6.45) is 0. The van der Waals surface area contributed by atoms with E-state index in [1.165, 1.54) is 5.56 Å². The van der Waals surface area contributed by atoms with Crippen molar-refractivity contribution in [1.82, 2.24) is 0 Å². The fourth-order valence-corrected chi connectivity index (χ4v) is 2.60. The van der Waals surface area contributed by atoms with Crippen molar-refractivity contribution < 1.29 is 4.42 Å². The Morgan fingerprint density at radius 2 is 1.75 bits per heavy atom. The number of hydrogen-bond donors (Lipinski definition) is 1. The Kier molecular flexibility index (Phi) is 3.28. The molecule has 2 nitrogen and oxygen atoms in total. The summed E-state index contributed by atoms with van der Waals surface area (Å²) in [5.41, 5.74) is 10.5. The van der Waals surface area contributed by atoms with Gasteiger partial charge in [-0.2, -0.15) is 0 Å². The molecule has 0 spiro atoms. The monoisotopic (exact) mass is 285 g/mol. The van der Waals surface area contributed by atoms with Gasteiger partial charge in [0.25, 0.3) is 0 Å². The van der Waals surface area contributed by atoms with Crippen LogP contribution >= 0.6 is 11.6 Å². The standard InChI is InChI=1S/C17H16ClNO/c1-10-3-8-14-11(2)17(20-15(14)9-10)16(19)12-4-6-13(18)7-5-12/h3-9,16H,19H2,1-2H3. The van der Waals surface area contributed by atoms with Crippen molar-refractivity contribution in [3.05, 3.63) is 69.9 Å². The van der Waals surface area contributed by atoms with E-state index < -0.39 is 0 Å². The normalized spacial score (nSPS) is 12.8. The lowest BCUT2D eigenvalue weighted by atomic mass is 10.0. The molecule has 0 saturated carbocycles. The minimum atomic E-state index is -0.278. The maximum atomic E-state index is 6.33. The summed E-state index contributed by atoms with van der Waals surface area (Å²) < 4.78 is 5.97. The zero-order valence-corrected chi connectivity index (χ0v) is 12.2. The molecule has 0 aliphatic rings. The van der Waals surface area contributed by atoms with Crippen LogP contribution in [0.4, 0.5) is 0 Å². The van der Waals surface area contributed by atoms with Crippen LogP contribution in [0.1, 0.15) is 28.5 Å². The maximum Gasteiger partial charge on any atom is 0.134 e. The second-order valence-electron chi connectivity index (χ2n) is 5.12. The summed E-state index contributed by atoms with van der Waals surface area (Å²) in [6.45, 7) is 4.10. The molecule has 0 fully saturated rings. The predicted octanol–water partition coefficient (Wildman–Crippen LogP) is 4.75. The number of aryl methyl sites for hydroxylation is 2. The van der Waals surface area contributed by atoms with E-state index in [1.54, 1.807) is 0 Å². The van der Waals surface area contributed by atoms with E-state index in [9.17, 15) is 0 Å². The second kappa shape index (κ2) is 4.97. The van der Waals surface area contributed by atoms with Crippen molar-refractivity contribution in [1.29, 1.82) is 0 Å². The number of fused-ring (bicyclic) bond motifs is 1. The zero-order chi connectivity index (χ0) is 14.3. The van der Waals surface area contributed by atoms with Crippen LogP contribution in [0.5, 0.6) is 0 Å². The molecule has 0 aliphatic carbocycles. The third-order valence-electron chi connectivity index (χ3n) is 3.64. The number of rotatable bonds is 2. The summed E-state index contributed by atoms with van der Waals surface area (Å²) in [6, 6.07) is 13.5. The fraction of sp³-hybridized carbons (Fsp3) is 0.176. The molecule has 1 unspecified atom stereocenters. The van der Waals surface area contributed by atoms with E-state index in [-0.39, 0.29) is 6.04 Å². The van der Waals surface area contributed by atoms with Crippen molar-refractivity contribution in [2.45, 2.75) is 19.9 Å². The maximum absolute atomic E-state index is 6.33. The summed E-state index contributed by atoms with van der Waals surface area (Å²) >= 11 is 5.91. The van der Waals surface area contributed by atoms with E-state index in [0.29, 0.717) is 5.02 Å². The summed E-state index contributed by atoms with van der Waals surface area (Å²) in [7, 11) is 0. The van der Waals surface area contributed by atoms with Gasteiger partial charge in [-0.3, -0.25) is 0 Å². The van der Waals surface area contributed by atoms with Crippen molar-refractivity contribution >= 4 is 22.6 Å². The fourth-order valence-electron chi connectivity index (χ4n) is 2.47. The van der Waals surface area contributed by atoms with Crippen LogP contribution in [0.25, 0.3) is 11.0 Å². The third-order valence-corrected chi connectivity index (χ3v) is 3.89. The van der Waals surface area contributed by atoms with Gasteiger partial charge in [-0.25, -0.2) is 0 Å². The average molecular weight is 286 g/mol. The Balaban J connectivity index is 2.09. The lowest BCUT2D eigenvalue weighted by Crippen LogP contribution is -2.11. The lowest BCUT2D eigenvalue weighted by Gasteiger charge is -2.10. The summed E-state index contributed by atoms with van der Waals surface area (Å²) in [4.78, 5) is 0. The van der Waals surface area contributed by atoms with Crippen molar-refractivity contribution in [2.24, 2.45) is 5.73 Å². The van der Waals surface area contributed by atoms with Gasteiger partial charge in [-0.15, -0.1) is 0 Å². The van der Waals surface area contributed by atoms with Crippen molar-refractivity contribution in [3.63, 3.8) is 0 Å². The Hall–Kier alpha value is -1.77. The van der Waals surface area contributed by atoms with Crippen LogP contribution < -0.4 is 5.73 Å². The van der Waals surface area contributed by atoms with Gasteiger partial charge in [0.1, 0.15) is 11.3 Å². The highest BCUT2D eigenvalue weighted by molar-refractivity contribution is 6.30. The van der Waals surface area contributed by atoms with E-state index in [0.717, 1.165) is 27.9 Å². The van der Waals surface area contributed by atoms with Crippen LogP contribution in [0.15, 0.2) is 46.9 Å². The Bertz CT molecular complexity index is 759. The molecular formula is C17H16ClNO. The Morgan fingerprint density at radius 1 is 1.05 bits per heavy atom. The molecule has 0 saturated heterocycles. The van der Waals surface area contributed by atoms with Crippen LogP contribution in [-0.4, -0.2) is 0 Å². The molecule has 3 aromatic rings. The topological polar surface area (TPSA) is 39.2 Å². The van der Waals surface area contributed by atoms with Crippen LogP contribution in [-0.2, 0) is 0 Å². The molecule has 1 heterocycles. The summed E-state index contributed by atoms with van der Waals surface area (Å²) in [5, 5.41) is 1.83. The molecule has 0 bridgehead atoms. The van der Waals surface area contributed by atoms with Crippen molar-refractivity contribution in [3.8, 4) is 0 Å². The van der Waals surface area contributed by atoms with Crippen LogP contribution in [0.3, 0.4) is 0 Å². The lowest BCUT2D eigenvalue weighted by molar-refractivity contribution is 0.521. The van der Waals surface area contributed by atoms with E-state index in [4.69, 9.17) is 21.8 Å². The van der Waals surface area contributed by atoms with Crippen LogP contribution in [0, 0.1) is 13.8 Å². The molecule has 3 rings (SSSR count).